The quantitative estimate of drug-likeness (QED) is 0.703. The molecule has 0 saturated carbocycles. The molecule has 7 nitrogen and oxygen atoms in total. The first-order chi connectivity index (χ1) is 15.0. The van der Waals surface area contributed by atoms with Crippen molar-refractivity contribution in [3.8, 4) is 0 Å². The number of nitrogens with zero attached hydrogens (tertiary/aromatic N) is 2. The number of morpholine rings is 1. The van der Waals surface area contributed by atoms with Crippen molar-refractivity contribution in [2.24, 2.45) is 0 Å². The maximum atomic E-state index is 12.5. The van der Waals surface area contributed by atoms with E-state index in [4.69, 9.17) is 4.74 Å². The number of nitrogens with one attached hydrogen (secondary N) is 2. The van der Waals surface area contributed by atoms with Gasteiger partial charge in [-0.1, -0.05) is 12.1 Å². The molecule has 2 aromatic carbocycles. The molecule has 2 heterocycles. The van der Waals surface area contributed by atoms with Gasteiger partial charge in [-0.25, -0.2) is 0 Å². The second kappa shape index (κ2) is 9.32. The third-order valence-corrected chi connectivity index (χ3v) is 5.57. The summed E-state index contributed by atoms with van der Waals surface area (Å²) in [6.07, 6.45) is 2.31. The molecule has 2 N–H and O–H groups in total. The topological polar surface area (TPSA) is 73.9 Å². The molecule has 4 rings (SSSR count). The first kappa shape index (κ1) is 21.1. The number of amides is 2. The monoisotopic (exact) mass is 420 g/mol. The number of benzene rings is 2. The van der Waals surface area contributed by atoms with Gasteiger partial charge in [0.2, 0.25) is 5.91 Å². The molecule has 1 fully saturated rings. The highest BCUT2D eigenvalue weighted by atomic mass is 16.5. The molecule has 0 spiro atoms. The average Bonchev–Trinajstić information content (AvgIpc) is 3.08. The van der Waals surface area contributed by atoms with Crippen LogP contribution in [0.2, 0.25) is 0 Å². The van der Waals surface area contributed by atoms with Gasteiger partial charge in [0.05, 0.1) is 13.2 Å². The van der Waals surface area contributed by atoms with Gasteiger partial charge in [0.15, 0.2) is 0 Å². The largest absolute Gasteiger partial charge is 0.379 e. The number of anilines is 3. The summed E-state index contributed by atoms with van der Waals surface area (Å²) in [5, 5.41) is 5.86. The van der Waals surface area contributed by atoms with Gasteiger partial charge in [-0.3, -0.25) is 14.5 Å². The molecule has 162 valence electrons. The molecule has 0 bridgehead atoms. The second-order valence-electron chi connectivity index (χ2n) is 8.01. The molecule has 31 heavy (non-hydrogen) atoms. The Kier molecular flexibility index (Phi) is 6.34. The van der Waals surface area contributed by atoms with Gasteiger partial charge in [-0.15, -0.1) is 0 Å². The fraction of sp³-hybridized carbons (Fsp3) is 0.333. The minimum Gasteiger partial charge on any atom is -0.379 e. The Morgan fingerprint density at radius 3 is 2.61 bits per heavy atom. The lowest BCUT2D eigenvalue weighted by Crippen LogP contribution is -2.38. The van der Waals surface area contributed by atoms with Gasteiger partial charge in [0.1, 0.15) is 0 Å². The van der Waals surface area contributed by atoms with E-state index in [9.17, 15) is 9.59 Å². The summed E-state index contributed by atoms with van der Waals surface area (Å²) in [7, 11) is 3.98. The summed E-state index contributed by atoms with van der Waals surface area (Å²) in [6.45, 7) is 3.89. The van der Waals surface area contributed by atoms with Gasteiger partial charge < -0.3 is 20.3 Å². The lowest BCUT2D eigenvalue weighted by Gasteiger charge is -2.26. The van der Waals surface area contributed by atoms with E-state index in [-0.39, 0.29) is 11.8 Å². The molecule has 0 aliphatic carbocycles. The van der Waals surface area contributed by atoms with Crippen LogP contribution in [0.1, 0.15) is 17.5 Å². The minimum absolute atomic E-state index is 0.0338. The van der Waals surface area contributed by atoms with Crippen LogP contribution in [0.3, 0.4) is 0 Å². The number of hydrogen-bond acceptors (Lipinski definition) is 5. The Labute approximate surface area is 182 Å². The van der Waals surface area contributed by atoms with Crippen molar-refractivity contribution in [2.75, 3.05) is 62.5 Å². The Morgan fingerprint density at radius 1 is 1.16 bits per heavy atom. The first-order valence-electron chi connectivity index (χ1n) is 10.5. The van der Waals surface area contributed by atoms with Crippen LogP contribution in [0.5, 0.6) is 0 Å². The van der Waals surface area contributed by atoms with Crippen LogP contribution in [-0.4, -0.2) is 63.7 Å². The highest BCUT2D eigenvalue weighted by Crippen LogP contribution is 2.35. The summed E-state index contributed by atoms with van der Waals surface area (Å²) in [5.74, 6) is -0.170. The van der Waals surface area contributed by atoms with Crippen molar-refractivity contribution >= 4 is 40.5 Å². The van der Waals surface area contributed by atoms with Crippen molar-refractivity contribution in [3.63, 3.8) is 0 Å². The van der Waals surface area contributed by atoms with Crippen molar-refractivity contribution in [1.29, 1.82) is 0 Å². The van der Waals surface area contributed by atoms with Gasteiger partial charge >= 0.3 is 0 Å². The third kappa shape index (κ3) is 5.13. The molecule has 2 amide bonds. The lowest BCUT2D eigenvalue weighted by molar-refractivity contribution is -0.116. The van der Waals surface area contributed by atoms with Gasteiger partial charge in [-0.05, 0) is 42.0 Å². The maximum absolute atomic E-state index is 12.5. The number of fused-ring (bicyclic) bond motifs is 1. The predicted molar refractivity (Wildman–Crippen MR) is 124 cm³/mol. The highest BCUT2D eigenvalue weighted by Gasteiger charge is 2.24. The summed E-state index contributed by atoms with van der Waals surface area (Å²) in [4.78, 5) is 29.2. The molecule has 0 aromatic heterocycles. The second-order valence-corrected chi connectivity index (χ2v) is 8.01. The number of hydrogen-bond donors (Lipinski definition) is 2. The van der Waals surface area contributed by atoms with Gasteiger partial charge in [0.25, 0.3) is 5.91 Å². The first-order valence-corrected chi connectivity index (χ1v) is 10.5. The zero-order valence-electron chi connectivity index (χ0n) is 18.0. The maximum Gasteiger partial charge on any atom is 0.256 e. The number of carbonyl (C=O) groups is 2. The van der Waals surface area contributed by atoms with Crippen molar-refractivity contribution in [2.45, 2.75) is 6.42 Å². The fourth-order valence-electron chi connectivity index (χ4n) is 3.75. The molecular formula is C24H28N4O3. The van der Waals surface area contributed by atoms with Crippen LogP contribution in [0.25, 0.3) is 11.6 Å². The van der Waals surface area contributed by atoms with E-state index in [2.05, 4.69) is 15.5 Å². The van der Waals surface area contributed by atoms with Crippen LogP contribution in [0.15, 0.2) is 42.5 Å². The summed E-state index contributed by atoms with van der Waals surface area (Å²) in [5.41, 5.74) is 4.89. The Bertz CT molecular complexity index is 992. The molecule has 2 aliphatic rings. The van der Waals surface area contributed by atoms with E-state index in [0.717, 1.165) is 48.8 Å². The van der Waals surface area contributed by atoms with E-state index in [0.29, 0.717) is 24.2 Å². The highest BCUT2D eigenvalue weighted by molar-refractivity contribution is 6.35. The average molecular weight is 421 g/mol. The number of ether oxygens (including phenoxy) is 1. The third-order valence-electron chi connectivity index (χ3n) is 5.57. The van der Waals surface area contributed by atoms with Crippen molar-refractivity contribution in [3.05, 3.63) is 53.6 Å². The Hall–Kier alpha value is -3.16. The van der Waals surface area contributed by atoms with Crippen LogP contribution in [0.4, 0.5) is 17.1 Å². The van der Waals surface area contributed by atoms with Crippen LogP contribution < -0.4 is 15.5 Å². The van der Waals surface area contributed by atoms with Crippen LogP contribution in [-0.2, 0) is 14.3 Å². The van der Waals surface area contributed by atoms with E-state index >= 15 is 0 Å². The van der Waals surface area contributed by atoms with Crippen molar-refractivity contribution in [1.82, 2.24) is 4.90 Å². The number of carbonyl (C=O) groups excluding carboxylic acids is 2. The van der Waals surface area contributed by atoms with E-state index in [1.165, 1.54) is 0 Å². The molecule has 0 unspecified atom stereocenters. The van der Waals surface area contributed by atoms with E-state index < -0.39 is 0 Å². The predicted octanol–water partition coefficient (Wildman–Crippen LogP) is 2.91. The molecular weight excluding hydrogens is 392 g/mol. The zero-order valence-corrected chi connectivity index (χ0v) is 18.0. The molecule has 2 aliphatic heterocycles. The van der Waals surface area contributed by atoms with Crippen molar-refractivity contribution < 1.29 is 14.3 Å². The molecule has 7 heteroatoms. The minimum atomic E-state index is -0.137. The standard InChI is InChI=1S/C24H28N4O3/c1-27(2)19-6-3-17(4-7-19)15-21-20-16-18(5-8-22(20)26-24(21)30)25-23(29)9-10-28-11-13-31-14-12-28/h3-8,15-16H,9-14H2,1-2H3,(H,25,29)(H,26,30)/b21-15+. The van der Waals surface area contributed by atoms with Crippen LogP contribution in [0, 0.1) is 0 Å². The fourth-order valence-corrected chi connectivity index (χ4v) is 3.75. The van der Waals surface area contributed by atoms with Crippen LogP contribution >= 0.6 is 0 Å². The van der Waals surface area contributed by atoms with Gasteiger partial charge in [0, 0.05) is 68.3 Å². The van der Waals surface area contributed by atoms with E-state index in [1.54, 1.807) is 0 Å². The molecule has 0 atom stereocenters. The molecule has 2 aromatic rings. The Balaban J connectivity index is 1.46. The number of rotatable bonds is 6. The summed E-state index contributed by atoms with van der Waals surface area (Å²) in [6, 6.07) is 13.5. The lowest BCUT2D eigenvalue weighted by atomic mass is 10.0. The zero-order chi connectivity index (χ0) is 21.8. The summed E-state index contributed by atoms with van der Waals surface area (Å²) >= 11 is 0. The molecule has 1 saturated heterocycles. The Morgan fingerprint density at radius 2 is 1.90 bits per heavy atom. The normalized spacial score (nSPS) is 17.4. The molecule has 0 radical (unpaired) electrons. The van der Waals surface area contributed by atoms with Gasteiger partial charge in [-0.2, -0.15) is 0 Å². The smallest absolute Gasteiger partial charge is 0.256 e. The summed E-state index contributed by atoms with van der Waals surface area (Å²) < 4.78 is 5.34. The SMILES string of the molecule is CN(C)c1ccc(/C=C2/C(=O)Nc3ccc(NC(=O)CCN4CCOCC4)cc32)cc1. The van der Waals surface area contributed by atoms with E-state index in [1.807, 2.05) is 67.5 Å².